The van der Waals surface area contributed by atoms with Crippen LogP contribution in [0.15, 0.2) is 12.2 Å². The minimum absolute atomic E-state index is 0.516. The number of halogens is 1. The van der Waals surface area contributed by atoms with Gasteiger partial charge in [-0.25, -0.2) is 4.39 Å². The van der Waals surface area contributed by atoms with E-state index in [4.69, 9.17) is 0 Å². The lowest BCUT2D eigenvalue weighted by Gasteiger charge is -2.02. The normalized spacial score (nSPS) is 13.6. The SMILES string of the molecule is C=C(C)C(F)NC. The van der Waals surface area contributed by atoms with Crippen LogP contribution in [-0.2, 0) is 0 Å². The van der Waals surface area contributed by atoms with E-state index in [0.29, 0.717) is 5.57 Å². The first-order valence-electron chi connectivity index (χ1n) is 2.15. The largest absolute Gasteiger partial charge is 0.287 e. The number of hydrogen-bond donors (Lipinski definition) is 1. The summed E-state index contributed by atoms with van der Waals surface area (Å²) in [6, 6.07) is 0. The molecule has 0 rings (SSSR count). The maximum Gasteiger partial charge on any atom is 0.172 e. The van der Waals surface area contributed by atoms with Crippen LogP contribution in [0.4, 0.5) is 4.39 Å². The number of alkyl halides is 1. The molecular formula is C5H10FN. The third-order valence-electron chi connectivity index (χ3n) is 0.686. The topological polar surface area (TPSA) is 12.0 Å². The van der Waals surface area contributed by atoms with Gasteiger partial charge < -0.3 is 0 Å². The van der Waals surface area contributed by atoms with Gasteiger partial charge in [-0.15, -0.1) is 0 Å². The third kappa shape index (κ3) is 2.34. The van der Waals surface area contributed by atoms with Crippen LogP contribution in [-0.4, -0.2) is 13.3 Å². The van der Waals surface area contributed by atoms with E-state index in [1.807, 2.05) is 0 Å². The number of hydrogen-bond acceptors (Lipinski definition) is 1. The van der Waals surface area contributed by atoms with Gasteiger partial charge >= 0.3 is 0 Å². The zero-order valence-electron chi connectivity index (χ0n) is 4.66. The maximum atomic E-state index is 12.0. The second kappa shape index (κ2) is 2.75. The van der Waals surface area contributed by atoms with Crippen LogP contribution in [0, 0.1) is 0 Å². The zero-order chi connectivity index (χ0) is 5.86. The van der Waals surface area contributed by atoms with E-state index in [-0.39, 0.29) is 0 Å². The molecule has 0 radical (unpaired) electrons. The second-order valence-electron chi connectivity index (χ2n) is 1.50. The fourth-order valence-electron chi connectivity index (χ4n) is 0.246. The van der Waals surface area contributed by atoms with Gasteiger partial charge in [0.05, 0.1) is 0 Å². The van der Waals surface area contributed by atoms with Gasteiger partial charge in [-0.05, 0) is 19.5 Å². The van der Waals surface area contributed by atoms with Gasteiger partial charge in [-0.3, -0.25) is 5.32 Å². The van der Waals surface area contributed by atoms with E-state index in [1.165, 1.54) is 0 Å². The van der Waals surface area contributed by atoms with Crippen molar-refractivity contribution in [1.29, 1.82) is 0 Å². The number of likely N-dealkylation sites (N-methyl/N-ethyl adjacent to an activating group) is 1. The van der Waals surface area contributed by atoms with Crippen LogP contribution in [0.2, 0.25) is 0 Å². The highest BCUT2D eigenvalue weighted by atomic mass is 19.1. The van der Waals surface area contributed by atoms with Gasteiger partial charge in [-0.1, -0.05) is 6.58 Å². The van der Waals surface area contributed by atoms with Crippen molar-refractivity contribution in [3.63, 3.8) is 0 Å². The molecule has 1 N–H and O–H groups in total. The van der Waals surface area contributed by atoms with E-state index >= 15 is 0 Å². The highest BCUT2D eigenvalue weighted by Crippen LogP contribution is 1.95. The predicted molar refractivity (Wildman–Crippen MR) is 28.8 cm³/mol. The Morgan fingerprint density at radius 3 is 2.29 bits per heavy atom. The first-order valence-corrected chi connectivity index (χ1v) is 2.15. The molecule has 0 amide bonds. The molecule has 1 atom stereocenters. The summed E-state index contributed by atoms with van der Waals surface area (Å²) in [6.07, 6.45) is -1.04. The molecule has 1 nitrogen and oxygen atoms in total. The van der Waals surface area contributed by atoms with E-state index < -0.39 is 6.30 Å². The van der Waals surface area contributed by atoms with Crippen LogP contribution >= 0.6 is 0 Å². The minimum atomic E-state index is -1.04. The molecule has 0 aromatic rings. The molecule has 0 aliphatic rings. The lowest BCUT2D eigenvalue weighted by atomic mass is 10.3. The van der Waals surface area contributed by atoms with E-state index in [9.17, 15) is 4.39 Å². The van der Waals surface area contributed by atoms with Gasteiger partial charge in [-0.2, -0.15) is 0 Å². The molecule has 0 spiro atoms. The molecule has 42 valence electrons. The van der Waals surface area contributed by atoms with Crippen molar-refractivity contribution >= 4 is 0 Å². The molecule has 0 aliphatic carbocycles. The van der Waals surface area contributed by atoms with Crippen molar-refractivity contribution in [2.75, 3.05) is 7.05 Å². The van der Waals surface area contributed by atoms with Crippen LogP contribution in [0.25, 0.3) is 0 Å². The molecule has 0 saturated heterocycles. The molecular weight excluding hydrogens is 93.1 g/mol. The summed E-state index contributed by atoms with van der Waals surface area (Å²) < 4.78 is 12.0. The van der Waals surface area contributed by atoms with Gasteiger partial charge in [0.25, 0.3) is 0 Å². The van der Waals surface area contributed by atoms with Crippen molar-refractivity contribution in [3.8, 4) is 0 Å². The monoisotopic (exact) mass is 103 g/mol. The van der Waals surface area contributed by atoms with Gasteiger partial charge in [0.15, 0.2) is 6.30 Å². The van der Waals surface area contributed by atoms with Crippen molar-refractivity contribution in [1.82, 2.24) is 5.32 Å². The molecule has 7 heavy (non-hydrogen) atoms. The van der Waals surface area contributed by atoms with Crippen molar-refractivity contribution in [2.24, 2.45) is 0 Å². The summed E-state index contributed by atoms with van der Waals surface area (Å²) in [5.74, 6) is 0. The van der Waals surface area contributed by atoms with Crippen LogP contribution in [0.1, 0.15) is 6.92 Å². The maximum absolute atomic E-state index is 12.0. The highest BCUT2D eigenvalue weighted by molar-refractivity contribution is 4.94. The summed E-state index contributed by atoms with van der Waals surface area (Å²) in [4.78, 5) is 0. The summed E-state index contributed by atoms with van der Waals surface area (Å²) in [7, 11) is 1.55. The summed E-state index contributed by atoms with van der Waals surface area (Å²) in [5, 5.41) is 2.40. The molecule has 1 unspecified atom stereocenters. The fourth-order valence-corrected chi connectivity index (χ4v) is 0.246. The molecule has 0 aromatic heterocycles. The van der Waals surface area contributed by atoms with Crippen LogP contribution in [0.5, 0.6) is 0 Å². The van der Waals surface area contributed by atoms with Gasteiger partial charge in [0, 0.05) is 0 Å². The Morgan fingerprint density at radius 2 is 2.29 bits per heavy atom. The van der Waals surface area contributed by atoms with E-state index in [1.54, 1.807) is 14.0 Å². The smallest absolute Gasteiger partial charge is 0.172 e. The fraction of sp³-hybridized carbons (Fsp3) is 0.600. The van der Waals surface area contributed by atoms with E-state index in [0.717, 1.165) is 0 Å². The predicted octanol–water partition coefficient (Wildman–Crippen LogP) is 1.08. The first-order chi connectivity index (χ1) is 3.18. The van der Waals surface area contributed by atoms with Crippen LogP contribution in [0.3, 0.4) is 0 Å². The Balaban J connectivity index is 3.34. The molecule has 0 fully saturated rings. The molecule has 0 aliphatic heterocycles. The molecule has 2 heteroatoms. The van der Waals surface area contributed by atoms with Crippen LogP contribution < -0.4 is 5.32 Å². The standard InChI is InChI=1S/C5H10FN/c1-4(2)5(6)7-3/h5,7H,1H2,2-3H3. The molecule has 0 aromatic carbocycles. The second-order valence-corrected chi connectivity index (χ2v) is 1.50. The molecule has 0 saturated carbocycles. The summed E-state index contributed by atoms with van der Waals surface area (Å²) in [6.45, 7) is 5.03. The Morgan fingerprint density at radius 1 is 1.86 bits per heavy atom. The van der Waals surface area contributed by atoms with Crippen molar-refractivity contribution < 1.29 is 4.39 Å². The lowest BCUT2D eigenvalue weighted by Crippen LogP contribution is -2.19. The summed E-state index contributed by atoms with van der Waals surface area (Å²) in [5.41, 5.74) is 0.516. The number of nitrogens with one attached hydrogen (secondary N) is 1. The average Bonchev–Trinajstić information content (AvgIpc) is 1.65. The minimum Gasteiger partial charge on any atom is -0.287 e. The number of rotatable bonds is 2. The summed E-state index contributed by atoms with van der Waals surface area (Å²) >= 11 is 0. The molecule has 0 bridgehead atoms. The average molecular weight is 103 g/mol. The Hall–Kier alpha value is -0.370. The lowest BCUT2D eigenvalue weighted by molar-refractivity contribution is 0.339. The highest BCUT2D eigenvalue weighted by Gasteiger charge is 1.98. The first kappa shape index (κ1) is 6.63. The zero-order valence-corrected chi connectivity index (χ0v) is 4.66. The van der Waals surface area contributed by atoms with Crippen molar-refractivity contribution in [2.45, 2.75) is 13.2 Å². The van der Waals surface area contributed by atoms with Gasteiger partial charge in [0.2, 0.25) is 0 Å². The van der Waals surface area contributed by atoms with Crippen molar-refractivity contribution in [3.05, 3.63) is 12.2 Å². The Kier molecular flexibility index (Phi) is 2.60. The molecule has 0 heterocycles. The van der Waals surface area contributed by atoms with E-state index in [2.05, 4.69) is 11.9 Å². The third-order valence-corrected chi connectivity index (χ3v) is 0.686. The quantitative estimate of drug-likeness (QED) is 0.407. The Bertz CT molecular complexity index is 70.5. The van der Waals surface area contributed by atoms with Gasteiger partial charge in [0.1, 0.15) is 0 Å². The Labute approximate surface area is 43.2 Å².